The molecule has 2 nitrogen and oxygen atoms in total. The standard InChI is InChI=1S/C8H7Br2NO/c1-2-7(12)5-3-6(9)8(10)11-4-5/h3-4H,2H2,1H3. The van der Waals surface area contributed by atoms with Gasteiger partial charge in [0.2, 0.25) is 0 Å². The maximum absolute atomic E-state index is 11.2. The first-order valence-corrected chi connectivity index (χ1v) is 5.08. The van der Waals surface area contributed by atoms with Crippen LogP contribution in [0.25, 0.3) is 0 Å². The molecule has 0 unspecified atom stereocenters. The molecule has 0 radical (unpaired) electrons. The summed E-state index contributed by atoms with van der Waals surface area (Å²) in [5.74, 6) is 0.107. The Morgan fingerprint density at radius 2 is 2.25 bits per heavy atom. The molecule has 64 valence electrons. The molecule has 0 amide bonds. The number of Topliss-reactive ketones (excluding diaryl/α,β-unsaturated/α-hetero) is 1. The smallest absolute Gasteiger partial charge is 0.164 e. The van der Waals surface area contributed by atoms with Crippen LogP contribution in [0.3, 0.4) is 0 Å². The second kappa shape index (κ2) is 4.14. The van der Waals surface area contributed by atoms with Crippen LogP contribution in [0.4, 0.5) is 0 Å². The lowest BCUT2D eigenvalue weighted by molar-refractivity contribution is 0.0987. The summed E-state index contributed by atoms with van der Waals surface area (Å²) in [5.41, 5.74) is 0.646. The summed E-state index contributed by atoms with van der Waals surface area (Å²) in [6, 6.07) is 1.77. The Hall–Kier alpha value is -0.220. The molecule has 0 N–H and O–H groups in total. The Bertz CT molecular complexity index is 312. The van der Waals surface area contributed by atoms with Gasteiger partial charge in [0.25, 0.3) is 0 Å². The molecule has 1 heterocycles. The zero-order chi connectivity index (χ0) is 9.14. The molecule has 0 saturated carbocycles. The maximum Gasteiger partial charge on any atom is 0.164 e. The average Bonchev–Trinajstić information content (AvgIpc) is 2.08. The Morgan fingerprint density at radius 1 is 1.58 bits per heavy atom. The SMILES string of the molecule is CCC(=O)c1cnc(Br)c(Br)c1. The van der Waals surface area contributed by atoms with Crippen molar-refractivity contribution >= 4 is 37.6 Å². The van der Waals surface area contributed by atoms with Crippen LogP contribution in [0.15, 0.2) is 21.3 Å². The predicted molar refractivity (Wildman–Crippen MR) is 54.3 cm³/mol. The number of hydrogen-bond donors (Lipinski definition) is 0. The normalized spacial score (nSPS) is 9.92. The van der Waals surface area contributed by atoms with Crippen LogP contribution in [-0.4, -0.2) is 10.8 Å². The molecule has 0 aliphatic carbocycles. The van der Waals surface area contributed by atoms with E-state index in [-0.39, 0.29) is 5.78 Å². The summed E-state index contributed by atoms with van der Waals surface area (Å²) in [5, 5.41) is 0. The van der Waals surface area contributed by atoms with Crippen molar-refractivity contribution in [2.75, 3.05) is 0 Å². The quantitative estimate of drug-likeness (QED) is 0.619. The molecule has 0 atom stereocenters. The van der Waals surface area contributed by atoms with Gasteiger partial charge in [-0.2, -0.15) is 0 Å². The minimum atomic E-state index is 0.107. The minimum Gasteiger partial charge on any atom is -0.294 e. The minimum absolute atomic E-state index is 0.107. The number of halogens is 2. The summed E-state index contributed by atoms with van der Waals surface area (Å²) in [7, 11) is 0. The van der Waals surface area contributed by atoms with E-state index in [1.54, 1.807) is 12.3 Å². The van der Waals surface area contributed by atoms with Crippen molar-refractivity contribution in [3.63, 3.8) is 0 Å². The van der Waals surface area contributed by atoms with Crippen LogP contribution in [0.2, 0.25) is 0 Å². The average molecular weight is 293 g/mol. The van der Waals surface area contributed by atoms with Crippen molar-refractivity contribution < 1.29 is 4.79 Å². The van der Waals surface area contributed by atoms with Gasteiger partial charge in [-0.15, -0.1) is 0 Å². The van der Waals surface area contributed by atoms with E-state index in [0.717, 1.165) is 9.08 Å². The van der Waals surface area contributed by atoms with E-state index in [4.69, 9.17) is 0 Å². The zero-order valence-corrected chi connectivity index (χ0v) is 9.65. The fourth-order valence-electron chi connectivity index (χ4n) is 0.778. The molecular weight excluding hydrogens is 286 g/mol. The number of nitrogens with zero attached hydrogens (tertiary/aromatic N) is 1. The zero-order valence-electron chi connectivity index (χ0n) is 6.47. The highest BCUT2D eigenvalue weighted by atomic mass is 79.9. The third-order valence-electron chi connectivity index (χ3n) is 1.44. The second-order valence-electron chi connectivity index (χ2n) is 2.27. The summed E-state index contributed by atoms with van der Waals surface area (Å²) in [4.78, 5) is 15.2. The van der Waals surface area contributed by atoms with Gasteiger partial charge in [0, 0.05) is 18.2 Å². The largest absolute Gasteiger partial charge is 0.294 e. The van der Waals surface area contributed by atoms with E-state index < -0.39 is 0 Å². The van der Waals surface area contributed by atoms with Crippen LogP contribution in [0, 0.1) is 0 Å². The monoisotopic (exact) mass is 291 g/mol. The first-order valence-electron chi connectivity index (χ1n) is 3.49. The molecule has 1 rings (SSSR count). The number of ketones is 1. The lowest BCUT2D eigenvalue weighted by Gasteiger charge is -1.98. The van der Waals surface area contributed by atoms with Gasteiger partial charge in [-0.1, -0.05) is 6.92 Å². The fourth-order valence-corrected chi connectivity index (χ4v) is 1.34. The number of pyridine rings is 1. The van der Waals surface area contributed by atoms with E-state index in [1.165, 1.54) is 0 Å². The number of aromatic nitrogens is 1. The van der Waals surface area contributed by atoms with Crippen LogP contribution in [0.1, 0.15) is 23.7 Å². The molecule has 4 heteroatoms. The Labute approximate surface area is 87.6 Å². The number of rotatable bonds is 2. The predicted octanol–water partition coefficient (Wildman–Crippen LogP) is 3.20. The van der Waals surface area contributed by atoms with Gasteiger partial charge in [-0.05, 0) is 37.9 Å². The molecule has 0 aliphatic heterocycles. The molecule has 1 aromatic heterocycles. The number of carbonyl (C=O) groups is 1. The van der Waals surface area contributed by atoms with Crippen LogP contribution in [-0.2, 0) is 0 Å². The van der Waals surface area contributed by atoms with Gasteiger partial charge in [-0.25, -0.2) is 4.98 Å². The lowest BCUT2D eigenvalue weighted by Crippen LogP contribution is -1.97. The molecule has 0 bridgehead atoms. The van der Waals surface area contributed by atoms with E-state index in [9.17, 15) is 4.79 Å². The van der Waals surface area contributed by atoms with Crippen molar-refractivity contribution in [1.29, 1.82) is 0 Å². The molecular formula is C8H7Br2NO. The Balaban J connectivity index is 3.05. The van der Waals surface area contributed by atoms with Crippen molar-refractivity contribution in [2.24, 2.45) is 0 Å². The Morgan fingerprint density at radius 3 is 2.75 bits per heavy atom. The summed E-state index contributed by atoms with van der Waals surface area (Å²) < 4.78 is 1.52. The van der Waals surface area contributed by atoms with Crippen LogP contribution in [0.5, 0.6) is 0 Å². The third-order valence-corrected chi connectivity index (χ3v) is 3.21. The van der Waals surface area contributed by atoms with Gasteiger partial charge in [0.15, 0.2) is 5.78 Å². The molecule has 1 aromatic rings. The second-order valence-corrected chi connectivity index (χ2v) is 3.88. The molecule has 0 fully saturated rings. The van der Waals surface area contributed by atoms with E-state index in [0.29, 0.717) is 12.0 Å². The van der Waals surface area contributed by atoms with E-state index >= 15 is 0 Å². The highest BCUT2D eigenvalue weighted by Crippen LogP contribution is 2.21. The van der Waals surface area contributed by atoms with Crippen molar-refractivity contribution in [1.82, 2.24) is 4.98 Å². The summed E-state index contributed by atoms with van der Waals surface area (Å²) >= 11 is 6.51. The van der Waals surface area contributed by atoms with Crippen molar-refractivity contribution in [2.45, 2.75) is 13.3 Å². The molecule has 0 saturated heterocycles. The number of hydrogen-bond acceptors (Lipinski definition) is 2. The van der Waals surface area contributed by atoms with Crippen LogP contribution < -0.4 is 0 Å². The summed E-state index contributed by atoms with van der Waals surface area (Å²) in [6.45, 7) is 1.83. The lowest BCUT2D eigenvalue weighted by atomic mass is 10.1. The van der Waals surface area contributed by atoms with Gasteiger partial charge < -0.3 is 0 Å². The first kappa shape index (κ1) is 9.86. The summed E-state index contributed by atoms with van der Waals surface area (Å²) in [6.07, 6.45) is 2.08. The van der Waals surface area contributed by atoms with Gasteiger partial charge in [0.05, 0.1) is 4.47 Å². The highest BCUT2D eigenvalue weighted by Gasteiger charge is 2.05. The third kappa shape index (κ3) is 2.14. The number of carbonyl (C=O) groups excluding carboxylic acids is 1. The van der Waals surface area contributed by atoms with E-state index in [2.05, 4.69) is 36.8 Å². The van der Waals surface area contributed by atoms with Crippen molar-refractivity contribution in [3.05, 3.63) is 26.9 Å². The van der Waals surface area contributed by atoms with Crippen molar-refractivity contribution in [3.8, 4) is 0 Å². The topological polar surface area (TPSA) is 30.0 Å². The van der Waals surface area contributed by atoms with Crippen LogP contribution >= 0.6 is 31.9 Å². The molecule has 12 heavy (non-hydrogen) atoms. The Kier molecular flexibility index (Phi) is 3.40. The van der Waals surface area contributed by atoms with E-state index in [1.807, 2.05) is 6.92 Å². The highest BCUT2D eigenvalue weighted by molar-refractivity contribution is 9.13. The maximum atomic E-state index is 11.2. The first-order chi connectivity index (χ1) is 5.65. The molecule has 0 aliphatic rings. The fraction of sp³-hybridized carbons (Fsp3) is 0.250. The molecule has 0 aromatic carbocycles. The van der Waals surface area contributed by atoms with Gasteiger partial charge in [0.1, 0.15) is 4.60 Å². The van der Waals surface area contributed by atoms with Gasteiger partial charge in [-0.3, -0.25) is 4.79 Å². The van der Waals surface area contributed by atoms with Gasteiger partial charge >= 0.3 is 0 Å². The molecule has 0 spiro atoms.